The van der Waals surface area contributed by atoms with Gasteiger partial charge >= 0.3 is 0 Å². The van der Waals surface area contributed by atoms with Gasteiger partial charge in [-0.2, -0.15) is 0 Å². The van der Waals surface area contributed by atoms with Gasteiger partial charge in [-0.15, -0.1) is 11.6 Å². The lowest BCUT2D eigenvalue weighted by atomic mass is 10.2. The van der Waals surface area contributed by atoms with Crippen LogP contribution in [0.5, 0.6) is 0 Å². The normalized spacial score (nSPS) is 9.42. The predicted octanol–water partition coefficient (Wildman–Crippen LogP) is 2.80. The highest BCUT2D eigenvalue weighted by Crippen LogP contribution is 2.17. The lowest BCUT2D eigenvalue weighted by Gasteiger charge is -2.00. The molecule has 1 aromatic heterocycles. The minimum atomic E-state index is 0.389. The molecule has 0 aliphatic rings. The summed E-state index contributed by atoms with van der Waals surface area (Å²) in [5.74, 6) is 0.975. The van der Waals surface area contributed by atoms with Gasteiger partial charge in [0.15, 0.2) is 5.82 Å². The fraction of sp³-hybridized carbons (Fsp3) is 0.111. The summed E-state index contributed by atoms with van der Waals surface area (Å²) in [5.41, 5.74) is 1.67. The molecule has 0 N–H and O–H groups in total. The molecule has 3 heteroatoms. The summed E-state index contributed by atoms with van der Waals surface area (Å²) in [5, 5.41) is 0. The van der Waals surface area contributed by atoms with Gasteiger partial charge in [0.05, 0.1) is 11.6 Å². The van der Waals surface area contributed by atoms with Gasteiger partial charge in [0.1, 0.15) is 0 Å². The van der Waals surface area contributed by atoms with Gasteiger partial charge in [-0.1, -0.05) is 12.7 Å². The van der Waals surface area contributed by atoms with E-state index in [9.17, 15) is 0 Å². The molecular formula is C9H9ClN2. The summed E-state index contributed by atoms with van der Waals surface area (Å²) >= 11 is 5.60. The number of nitrogens with zero attached hydrogens (tertiary/aromatic N) is 2. The fourth-order valence-electron chi connectivity index (χ4n) is 0.859. The standard InChI is InChI=1S/C9H9ClN2/c1-3-7-4-5-8(6-10)12-9(7)11-2/h3-5H,1-2,6H2. The molecule has 0 fully saturated rings. The molecule has 0 amide bonds. The number of aromatic nitrogens is 1. The minimum Gasteiger partial charge on any atom is -0.245 e. The summed E-state index contributed by atoms with van der Waals surface area (Å²) in [6, 6.07) is 3.72. The Morgan fingerprint density at radius 3 is 2.83 bits per heavy atom. The fourth-order valence-corrected chi connectivity index (χ4v) is 1.01. The second-order valence-corrected chi connectivity index (χ2v) is 2.48. The highest BCUT2D eigenvalue weighted by molar-refractivity contribution is 6.16. The van der Waals surface area contributed by atoms with Crippen LogP contribution in [0.15, 0.2) is 23.7 Å². The van der Waals surface area contributed by atoms with Gasteiger partial charge in [-0.3, -0.25) is 0 Å². The zero-order valence-electron chi connectivity index (χ0n) is 6.63. The molecule has 0 unspecified atom stereocenters. The number of hydrogen-bond donors (Lipinski definition) is 0. The Hall–Kier alpha value is -1.15. The van der Waals surface area contributed by atoms with Crippen LogP contribution in [0.1, 0.15) is 11.3 Å². The number of alkyl halides is 1. The molecule has 62 valence electrons. The molecular weight excluding hydrogens is 172 g/mol. The average molecular weight is 181 g/mol. The second kappa shape index (κ2) is 4.02. The third-order valence-corrected chi connectivity index (χ3v) is 1.74. The molecule has 0 saturated carbocycles. The quantitative estimate of drug-likeness (QED) is 0.519. The van der Waals surface area contributed by atoms with Crippen LogP contribution in [-0.4, -0.2) is 11.7 Å². The molecule has 0 atom stereocenters. The van der Waals surface area contributed by atoms with Crippen molar-refractivity contribution in [3.05, 3.63) is 30.0 Å². The third-order valence-electron chi connectivity index (χ3n) is 1.47. The van der Waals surface area contributed by atoms with Crippen LogP contribution in [0.4, 0.5) is 5.82 Å². The minimum absolute atomic E-state index is 0.389. The summed E-state index contributed by atoms with van der Waals surface area (Å²) < 4.78 is 0. The molecule has 2 nitrogen and oxygen atoms in total. The van der Waals surface area contributed by atoms with Crippen LogP contribution < -0.4 is 0 Å². The molecule has 1 aromatic rings. The van der Waals surface area contributed by atoms with E-state index in [0.29, 0.717) is 11.7 Å². The molecule has 0 saturated heterocycles. The maximum atomic E-state index is 5.60. The smallest absolute Gasteiger partial charge is 0.158 e. The van der Waals surface area contributed by atoms with Gasteiger partial charge in [-0.05, 0) is 18.9 Å². The van der Waals surface area contributed by atoms with Crippen molar-refractivity contribution >= 4 is 30.2 Å². The number of aliphatic imine (C=N–C) groups is 1. The first-order chi connectivity index (χ1) is 5.81. The first-order valence-corrected chi connectivity index (χ1v) is 4.00. The Balaban J connectivity index is 3.18. The van der Waals surface area contributed by atoms with Crippen molar-refractivity contribution in [2.24, 2.45) is 4.99 Å². The van der Waals surface area contributed by atoms with Crippen LogP contribution in [0.25, 0.3) is 6.08 Å². The highest BCUT2D eigenvalue weighted by atomic mass is 35.5. The first-order valence-electron chi connectivity index (χ1n) is 3.47. The zero-order chi connectivity index (χ0) is 8.97. The van der Waals surface area contributed by atoms with Gasteiger partial charge in [0.25, 0.3) is 0 Å². The third kappa shape index (κ3) is 1.71. The second-order valence-electron chi connectivity index (χ2n) is 2.21. The van der Waals surface area contributed by atoms with Crippen molar-refractivity contribution in [2.75, 3.05) is 0 Å². The summed E-state index contributed by atoms with van der Waals surface area (Å²) in [4.78, 5) is 7.91. The van der Waals surface area contributed by atoms with Crippen LogP contribution >= 0.6 is 11.6 Å². The van der Waals surface area contributed by atoms with Gasteiger partial charge < -0.3 is 0 Å². The Kier molecular flexibility index (Phi) is 3.00. The Bertz CT molecular complexity index is 307. The van der Waals surface area contributed by atoms with E-state index in [2.05, 4.69) is 23.3 Å². The molecule has 0 radical (unpaired) electrons. The van der Waals surface area contributed by atoms with Gasteiger partial charge in [0, 0.05) is 5.56 Å². The molecule has 1 heterocycles. The van der Waals surface area contributed by atoms with E-state index >= 15 is 0 Å². The van der Waals surface area contributed by atoms with E-state index in [0.717, 1.165) is 11.3 Å². The van der Waals surface area contributed by atoms with Crippen LogP contribution in [-0.2, 0) is 5.88 Å². The number of halogens is 1. The lowest BCUT2D eigenvalue weighted by molar-refractivity contribution is 1.15. The molecule has 0 aliphatic carbocycles. The van der Waals surface area contributed by atoms with E-state index in [1.54, 1.807) is 6.08 Å². The van der Waals surface area contributed by atoms with E-state index in [1.807, 2.05) is 12.1 Å². The van der Waals surface area contributed by atoms with E-state index in [4.69, 9.17) is 11.6 Å². The predicted molar refractivity (Wildman–Crippen MR) is 53.1 cm³/mol. The molecule has 0 spiro atoms. The van der Waals surface area contributed by atoms with Gasteiger partial charge in [0.2, 0.25) is 0 Å². The summed E-state index contributed by atoms with van der Waals surface area (Å²) in [7, 11) is 0. The molecule has 0 aromatic carbocycles. The first kappa shape index (κ1) is 8.94. The topological polar surface area (TPSA) is 25.2 Å². The summed E-state index contributed by atoms with van der Waals surface area (Å²) in [6.45, 7) is 7.05. The van der Waals surface area contributed by atoms with Crippen molar-refractivity contribution in [3.63, 3.8) is 0 Å². The molecule has 12 heavy (non-hydrogen) atoms. The van der Waals surface area contributed by atoms with Crippen molar-refractivity contribution < 1.29 is 0 Å². The van der Waals surface area contributed by atoms with Crippen molar-refractivity contribution in [1.82, 2.24) is 4.98 Å². The van der Waals surface area contributed by atoms with Gasteiger partial charge in [-0.25, -0.2) is 9.98 Å². The number of pyridine rings is 1. The molecule has 0 bridgehead atoms. The van der Waals surface area contributed by atoms with E-state index in [1.165, 1.54) is 0 Å². The van der Waals surface area contributed by atoms with E-state index in [-0.39, 0.29) is 0 Å². The summed E-state index contributed by atoms with van der Waals surface area (Å²) in [6.07, 6.45) is 1.69. The van der Waals surface area contributed by atoms with Crippen LogP contribution in [0.3, 0.4) is 0 Å². The Morgan fingerprint density at radius 2 is 2.33 bits per heavy atom. The largest absolute Gasteiger partial charge is 0.245 e. The monoisotopic (exact) mass is 180 g/mol. The Labute approximate surface area is 76.6 Å². The van der Waals surface area contributed by atoms with Crippen molar-refractivity contribution in [2.45, 2.75) is 5.88 Å². The lowest BCUT2D eigenvalue weighted by Crippen LogP contribution is -1.86. The number of rotatable bonds is 3. The molecule has 0 aliphatic heterocycles. The Morgan fingerprint density at radius 1 is 1.58 bits per heavy atom. The van der Waals surface area contributed by atoms with Crippen LogP contribution in [0, 0.1) is 0 Å². The van der Waals surface area contributed by atoms with Crippen molar-refractivity contribution in [3.8, 4) is 0 Å². The SMILES string of the molecule is C=Cc1ccc(CCl)nc1N=C. The zero-order valence-corrected chi connectivity index (χ0v) is 7.38. The van der Waals surface area contributed by atoms with E-state index < -0.39 is 0 Å². The highest BCUT2D eigenvalue weighted by Gasteiger charge is 1.99. The van der Waals surface area contributed by atoms with Crippen molar-refractivity contribution in [1.29, 1.82) is 0 Å². The molecule has 1 rings (SSSR count). The average Bonchev–Trinajstić information content (AvgIpc) is 2.16. The maximum Gasteiger partial charge on any atom is 0.158 e. The maximum absolute atomic E-state index is 5.60. The van der Waals surface area contributed by atoms with Crippen LogP contribution in [0.2, 0.25) is 0 Å². The number of hydrogen-bond acceptors (Lipinski definition) is 2.